The van der Waals surface area contributed by atoms with Gasteiger partial charge in [0, 0.05) is 26.7 Å². The van der Waals surface area contributed by atoms with Crippen LogP contribution in [0.5, 0.6) is 0 Å². The average Bonchev–Trinajstić information content (AvgIpc) is 2.74. The molecule has 0 atom stereocenters. The van der Waals surface area contributed by atoms with Crippen molar-refractivity contribution in [1.29, 1.82) is 0 Å². The first-order valence-electron chi connectivity index (χ1n) is 9.65. The van der Waals surface area contributed by atoms with E-state index in [1.807, 2.05) is 56.4 Å². The third kappa shape index (κ3) is 4.90. The van der Waals surface area contributed by atoms with Gasteiger partial charge < -0.3 is 10.2 Å². The second-order valence-corrected chi connectivity index (χ2v) is 7.22. The molecule has 0 aliphatic rings. The molecule has 8 heteroatoms. The predicted molar refractivity (Wildman–Crippen MR) is 115 cm³/mol. The van der Waals surface area contributed by atoms with Gasteiger partial charge in [-0.05, 0) is 31.7 Å². The molecule has 1 amide bonds. The molecule has 30 heavy (non-hydrogen) atoms. The fourth-order valence-electron chi connectivity index (χ4n) is 2.99. The Morgan fingerprint density at radius 3 is 2.40 bits per heavy atom. The number of rotatable bonds is 7. The Morgan fingerprint density at radius 2 is 1.73 bits per heavy atom. The average molecular weight is 407 g/mol. The Bertz CT molecular complexity index is 1130. The number of carbonyl (C=O) groups is 1. The van der Waals surface area contributed by atoms with Crippen molar-refractivity contribution in [2.24, 2.45) is 7.05 Å². The zero-order chi connectivity index (χ0) is 21.7. The zero-order valence-corrected chi connectivity index (χ0v) is 17.3. The van der Waals surface area contributed by atoms with Gasteiger partial charge in [0.05, 0.1) is 5.69 Å². The normalized spacial score (nSPS) is 10.9. The highest BCUT2D eigenvalue weighted by molar-refractivity contribution is 5.91. The Hall–Kier alpha value is -3.52. The maximum Gasteiger partial charge on any atom is 0.351 e. The molecule has 0 unspecified atom stereocenters. The third-order valence-corrected chi connectivity index (χ3v) is 4.74. The number of likely N-dealkylation sites (N-methyl/N-ethyl adjacent to an activating group) is 1. The number of hydrogen-bond acceptors (Lipinski definition) is 5. The number of nitrogens with one attached hydrogen (secondary N) is 1. The van der Waals surface area contributed by atoms with E-state index in [1.54, 1.807) is 12.1 Å². The Balaban J connectivity index is 1.71. The van der Waals surface area contributed by atoms with E-state index in [-0.39, 0.29) is 5.69 Å². The van der Waals surface area contributed by atoms with Crippen LogP contribution < -0.4 is 16.6 Å². The van der Waals surface area contributed by atoms with Crippen LogP contribution in [0.3, 0.4) is 0 Å². The number of aryl methyl sites for hydroxylation is 1. The van der Waals surface area contributed by atoms with Crippen molar-refractivity contribution in [3.05, 3.63) is 92.3 Å². The summed E-state index contributed by atoms with van der Waals surface area (Å²) in [5.74, 6) is -0.607. The van der Waals surface area contributed by atoms with Crippen molar-refractivity contribution in [1.82, 2.24) is 24.6 Å². The van der Waals surface area contributed by atoms with Crippen LogP contribution in [0.1, 0.15) is 21.6 Å². The van der Waals surface area contributed by atoms with Crippen LogP contribution in [0, 0.1) is 6.92 Å². The van der Waals surface area contributed by atoms with Gasteiger partial charge in [-0.25, -0.2) is 4.79 Å². The largest absolute Gasteiger partial charge is 0.351 e. The van der Waals surface area contributed by atoms with Crippen LogP contribution in [0.25, 0.3) is 5.69 Å². The van der Waals surface area contributed by atoms with E-state index in [0.717, 1.165) is 21.4 Å². The summed E-state index contributed by atoms with van der Waals surface area (Å²) in [6.07, 6.45) is 0. The van der Waals surface area contributed by atoms with E-state index >= 15 is 0 Å². The minimum Gasteiger partial charge on any atom is -0.349 e. The third-order valence-electron chi connectivity index (χ3n) is 4.74. The molecule has 3 rings (SSSR count). The van der Waals surface area contributed by atoms with Gasteiger partial charge in [0.15, 0.2) is 0 Å². The zero-order valence-electron chi connectivity index (χ0n) is 17.3. The fourth-order valence-corrected chi connectivity index (χ4v) is 2.99. The number of hydrogen-bond donors (Lipinski definition) is 1. The van der Waals surface area contributed by atoms with E-state index in [2.05, 4.69) is 15.3 Å². The SMILES string of the molecule is Cc1ccc(-n2nc(C(=O)NCCN(C)Cc3ccccc3)c(=O)n(C)c2=O)cc1. The molecular formula is C22H25N5O3. The number of aromatic nitrogens is 3. The van der Waals surface area contributed by atoms with Crippen molar-refractivity contribution in [3.63, 3.8) is 0 Å². The minimum absolute atomic E-state index is 0.316. The highest BCUT2D eigenvalue weighted by Gasteiger charge is 2.18. The summed E-state index contributed by atoms with van der Waals surface area (Å²) in [4.78, 5) is 39.5. The van der Waals surface area contributed by atoms with Crippen LogP contribution in [0.2, 0.25) is 0 Å². The van der Waals surface area contributed by atoms with E-state index in [4.69, 9.17) is 0 Å². The van der Waals surface area contributed by atoms with E-state index in [0.29, 0.717) is 18.8 Å². The summed E-state index contributed by atoms with van der Waals surface area (Å²) >= 11 is 0. The molecule has 3 aromatic rings. The first-order chi connectivity index (χ1) is 14.4. The quantitative estimate of drug-likeness (QED) is 0.634. The summed E-state index contributed by atoms with van der Waals surface area (Å²) in [6.45, 7) is 3.61. The Labute approximate surface area is 174 Å². The molecule has 1 aromatic heterocycles. The van der Waals surface area contributed by atoms with E-state index < -0.39 is 17.2 Å². The molecule has 1 heterocycles. The Morgan fingerprint density at radius 1 is 1.07 bits per heavy atom. The van der Waals surface area contributed by atoms with Crippen LogP contribution >= 0.6 is 0 Å². The summed E-state index contributed by atoms with van der Waals surface area (Å²) in [6, 6.07) is 17.1. The van der Waals surface area contributed by atoms with Crippen molar-refractivity contribution in [3.8, 4) is 5.69 Å². The van der Waals surface area contributed by atoms with Crippen molar-refractivity contribution < 1.29 is 4.79 Å². The number of carbonyl (C=O) groups excluding carboxylic acids is 1. The number of amides is 1. The van der Waals surface area contributed by atoms with Gasteiger partial charge in [-0.3, -0.25) is 14.2 Å². The van der Waals surface area contributed by atoms with Crippen LogP contribution in [-0.4, -0.2) is 45.3 Å². The van der Waals surface area contributed by atoms with Gasteiger partial charge in [-0.15, -0.1) is 0 Å². The smallest absolute Gasteiger partial charge is 0.349 e. The molecule has 0 fully saturated rings. The van der Waals surface area contributed by atoms with Crippen LogP contribution in [0.4, 0.5) is 0 Å². The molecule has 8 nitrogen and oxygen atoms in total. The Kier molecular flexibility index (Phi) is 6.58. The van der Waals surface area contributed by atoms with Crippen molar-refractivity contribution >= 4 is 5.91 Å². The van der Waals surface area contributed by atoms with Gasteiger partial charge in [0.25, 0.3) is 11.5 Å². The first-order valence-corrected chi connectivity index (χ1v) is 9.65. The lowest BCUT2D eigenvalue weighted by Gasteiger charge is -2.17. The molecule has 0 radical (unpaired) electrons. The maximum absolute atomic E-state index is 12.6. The molecule has 1 N–H and O–H groups in total. The van der Waals surface area contributed by atoms with Gasteiger partial charge in [-0.1, -0.05) is 48.0 Å². The molecule has 0 saturated heterocycles. The van der Waals surface area contributed by atoms with Crippen molar-refractivity contribution in [2.45, 2.75) is 13.5 Å². The highest BCUT2D eigenvalue weighted by atomic mass is 16.2. The molecule has 156 valence electrons. The van der Waals surface area contributed by atoms with Crippen LogP contribution in [-0.2, 0) is 13.6 Å². The van der Waals surface area contributed by atoms with Crippen LogP contribution in [0.15, 0.2) is 64.2 Å². The minimum atomic E-state index is -0.724. The molecule has 2 aromatic carbocycles. The summed E-state index contributed by atoms with van der Waals surface area (Å²) in [7, 11) is 3.29. The highest BCUT2D eigenvalue weighted by Crippen LogP contribution is 2.05. The monoisotopic (exact) mass is 407 g/mol. The molecule has 0 bridgehead atoms. The summed E-state index contributed by atoms with van der Waals surface area (Å²) < 4.78 is 1.96. The van der Waals surface area contributed by atoms with E-state index in [9.17, 15) is 14.4 Å². The number of nitrogens with zero attached hydrogens (tertiary/aromatic N) is 4. The van der Waals surface area contributed by atoms with Crippen molar-refractivity contribution in [2.75, 3.05) is 20.1 Å². The second-order valence-electron chi connectivity index (χ2n) is 7.22. The van der Waals surface area contributed by atoms with Gasteiger partial charge in [-0.2, -0.15) is 9.78 Å². The molecule has 0 aliphatic heterocycles. The topological polar surface area (TPSA) is 89.2 Å². The van der Waals surface area contributed by atoms with E-state index in [1.165, 1.54) is 12.6 Å². The standard InChI is InChI=1S/C22H25N5O3/c1-16-9-11-18(12-10-16)27-22(30)26(3)21(29)19(24-27)20(28)23-13-14-25(2)15-17-7-5-4-6-8-17/h4-12H,13-15H2,1-3H3,(H,23,28). The van der Waals surface area contributed by atoms with Gasteiger partial charge in [0.1, 0.15) is 0 Å². The fraction of sp³-hybridized carbons (Fsp3) is 0.273. The summed E-state index contributed by atoms with van der Waals surface area (Å²) in [5.41, 5.74) is 1.03. The molecule has 0 spiro atoms. The predicted octanol–water partition coefficient (Wildman–Crippen LogP) is 1.10. The lowest BCUT2D eigenvalue weighted by Crippen LogP contribution is -2.45. The first kappa shape index (κ1) is 21.2. The lowest BCUT2D eigenvalue weighted by atomic mass is 10.2. The number of benzene rings is 2. The lowest BCUT2D eigenvalue weighted by molar-refractivity contribution is 0.0940. The maximum atomic E-state index is 12.6. The van der Waals surface area contributed by atoms with Gasteiger partial charge >= 0.3 is 5.69 Å². The molecular weight excluding hydrogens is 382 g/mol. The molecule has 0 saturated carbocycles. The summed E-state index contributed by atoms with van der Waals surface area (Å²) in [5, 5.41) is 6.76. The second kappa shape index (κ2) is 9.32. The van der Waals surface area contributed by atoms with Gasteiger partial charge in [0.2, 0.25) is 5.69 Å². The molecule has 0 aliphatic carbocycles.